The highest BCUT2D eigenvalue weighted by molar-refractivity contribution is 5.68. The van der Waals surface area contributed by atoms with Crippen molar-refractivity contribution in [2.45, 2.75) is 0 Å². The van der Waals surface area contributed by atoms with E-state index in [0.717, 1.165) is 16.9 Å². The summed E-state index contributed by atoms with van der Waals surface area (Å²) >= 11 is 0. The summed E-state index contributed by atoms with van der Waals surface area (Å²) < 4.78 is 0. The van der Waals surface area contributed by atoms with Crippen molar-refractivity contribution < 1.29 is 0 Å². The summed E-state index contributed by atoms with van der Waals surface area (Å²) in [6, 6.07) is 27.1. The lowest BCUT2D eigenvalue weighted by Crippen LogP contribution is -1.90. The number of rotatable bonds is 4. The van der Waals surface area contributed by atoms with Crippen molar-refractivity contribution in [3.63, 3.8) is 0 Å². The second-order valence-electron chi connectivity index (χ2n) is 4.89. The first-order valence-electron chi connectivity index (χ1n) is 7.00. The molecule has 1 N–H and O–H groups in total. The summed E-state index contributed by atoms with van der Waals surface area (Å²) in [6.45, 7) is 3.76. The Hall–Kier alpha value is -2.80. The lowest BCUT2D eigenvalue weighted by atomic mass is 10.1. The molecule has 0 aromatic heterocycles. The standard InChI is InChI=1S/C20H17N/c1-2-16-8-12-19(13-9-16)21-20-14-10-18(11-15-20)17-6-4-3-5-7-17/h2-15,21H,1H2. The second-order valence-corrected chi connectivity index (χ2v) is 4.89. The van der Waals surface area contributed by atoms with Crippen molar-refractivity contribution in [3.8, 4) is 11.1 Å². The molecule has 0 radical (unpaired) electrons. The van der Waals surface area contributed by atoms with E-state index in [1.54, 1.807) is 0 Å². The second kappa shape index (κ2) is 6.10. The Morgan fingerprint density at radius 1 is 0.619 bits per heavy atom. The van der Waals surface area contributed by atoms with Gasteiger partial charge < -0.3 is 5.32 Å². The molecule has 0 atom stereocenters. The molecule has 0 aliphatic carbocycles. The molecule has 21 heavy (non-hydrogen) atoms. The predicted octanol–water partition coefficient (Wildman–Crippen LogP) is 5.74. The smallest absolute Gasteiger partial charge is 0.0384 e. The first kappa shape index (κ1) is 13.2. The van der Waals surface area contributed by atoms with Gasteiger partial charge in [-0.15, -0.1) is 0 Å². The van der Waals surface area contributed by atoms with Gasteiger partial charge in [0, 0.05) is 11.4 Å². The maximum absolute atomic E-state index is 3.76. The van der Waals surface area contributed by atoms with E-state index in [-0.39, 0.29) is 0 Å². The van der Waals surface area contributed by atoms with Gasteiger partial charge in [0.15, 0.2) is 0 Å². The van der Waals surface area contributed by atoms with Crippen molar-refractivity contribution in [3.05, 3.63) is 91.0 Å². The van der Waals surface area contributed by atoms with E-state index in [0.29, 0.717) is 0 Å². The topological polar surface area (TPSA) is 12.0 Å². The molecule has 3 rings (SSSR count). The van der Waals surface area contributed by atoms with Gasteiger partial charge in [-0.2, -0.15) is 0 Å². The molecule has 0 heterocycles. The van der Waals surface area contributed by atoms with Crippen LogP contribution in [0.2, 0.25) is 0 Å². The fourth-order valence-electron chi connectivity index (χ4n) is 2.25. The highest BCUT2D eigenvalue weighted by atomic mass is 14.9. The molecule has 102 valence electrons. The van der Waals surface area contributed by atoms with Crippen LogP contribution in [0, 0.1) is 0 Å². The van der Waals surface area contributed by atoms with E-state index in [1.807, 2.05) is 24.3 Å². The van der Waals surface area contributed by atoms with Crippen molar-refractivity contribution >= 4 is 17.5 Å². The maximum Gasteiger partial charge on any atom is 0.0384 e. The Morgan fingerprint density at radius 3 is 1.71 bits per heavy atom. The largest absolute Gasteiger partial charge is 0.356 e. The first-order valence-corrected chi connectivity index (χ1v) is 7.00. The zero-order chi connectivity index (χ0) is 14.5. The molecule has 1 heteroatoms. The van der Waals surface area contributed by atoms with Crippen molar-refractivity contribution in [2.75, 3.05) is 5.32 Å². The minimum atomic E-state index is 1.08. The molecule has 0 unspecified atom stereocenters. The van der Waals surface area contributed by atoms with Gasteiger partial charge in [-0.1, -0.05) is 67.3 Å². The summed E-state index contributed by atoms with van der Waals surface area (Å²) in [7, 11) is 0. The first-order chi connectivity index (χ1) is 10.3. The van der Waals surface area contributed by atoms with Gasteiger partial charge in [0.25, 0.3) is 0 Å². The van der Waals surface area contributed by atoms with E-state index in [2.05, 4.69) is 72.6 Å². The van der Waals surface area contributed by atoms with E-state index in [9.17, 15) is 0 Å². The Bertz CT molecular complexity index is 710. The van der Waals surface area contributed by atoms with Crippen LogP contribution in [0.3, 0.4) is 0 Å². The molecule has 0 amide bonds. The minimum Gasteiger partial charge on any atom is -0.356 e. The monoisotopic (exact) mass is 271 g/mol. The molecule has 0 fully saturated rings. The SMILES string of the molecule is C=Cc1ccc(Nc2ccc(-c3ccccc3)cc2)cc1. The van der Waals surface area contributed by atoms with E-state index in [4.69, 9.17) is 0 Å². The quantitative estimate of drug-likeness (QED) is 0.638. The van der Waals surface area contributed by atoms with Gasteiger partial charge in [-0.05, 0) is 41.0 Å². The zero-order valence-electron chi connectivity index (χ0n) is 11.8. The number of anilines is 2. The normalized spacial score (nSPS) is 10.1. The number of hydrogen-bond donors (Lipinski definition) is 1. The number of benzene rings is 3. The van der Waals surface area contributed by atoms with Crippen LogP contribution in [0.15, 0.2) is 85.4 Å². The molecule has 0 aliphatic rings. The summed E-state index contributed by atoms with van der Waals surface area (Å²) in [6.07, 6.45) is 1.85. The highest BCUT2D eigenvalue weighted by Crippen LogP contribution is 2.23. The van der Waals surface area contributed by atoms with Gasteiger partial charge in [0.2, 0.25) is 0 Å². The number of hydrogen-bond acceptors (Lipinski definition) is 1. The van der Waals surface area contributed by atoms with E-state index >= 15 is 0 Å². The van der Waals surface area contributed by atoms with Crippen LogP contribution in [0.25, 0.3) is 17.2 Å². The third kappa shape index (κ3) is 3.21. The molecular formula is C20H17N. The van der Waals surface area contributed by atoms with Crippen molar-refractivity contribution in [1.29, 1.82) is 0 Å². The van der Waals surface area contributed by atoms with Crippen LogP contribution >= 0.6 is 0 Å². The predicted molar refractivity (Wildman–Crippen MR) is 91.7 cm³/mol. The van der Waals surface area contributed by atoms with Gasteiger partial charge in [-0.3, -0.25) is 0 Å². The fraction of sp³-hybridized carbons (Fsp3) is 0. The van der Waals surface area contributed by atoms with Gasteiger partial charge in [0.1, 0.15) is 0 Å². The lowest BCUT2D eigenvalue weighted by Gasteiger charge is -2.08. The number of nitrogens with one attached hydrogen (secondary N) is 1. The molecule has 0 aliphatic heterocycles. The summed E-state index contributed by atoms with van der Waals surface area (Å²) in [5, 5.41) is 3.40. The van der Waals surface area contributed by atoms with Crippen LogP contribution in [-0.2, 0) is 0 Å². The summed E-state index contributed by atoms with van der Waals surface area (Å²) in [4.78, 5) is 0. The average molecular weight is 271 g/mol. The molecule has 0 saturated heterocycles. The Balaban J connectivity index is 1.76. The fourth-order valence-corrected chi connectivity index (χ4v) is 2.25. The molecule has 3 aromatic carbocycles. The molecule has 1 nitrogen and oxygen atoms in total. The molecule has 0 bridgehead atoms. The third-order valence-electron chi connectivity index (χ3n) is 3.43. The highest BCUT2D eigenvalue weighted by Gasteiger charge is 1.98. The van der Waals surface area contributed by atoms with Crippen molar-refractivity contribution in [2.24, 2.45) is 0 Å². The van der Waals surface area contributed by atoms with Crippen LogP contribution < -0.4 is 5.32 Å². The van der Waals surface area contributed by atoms with Crippen LogP contribution in [0.4, 0.5) is 11.4 Å². The third-order valence-corrected chi connectivity index (χ3v) is 3.43. The molecule has 3 aromatic rings. The van der Waals surface area contributed by atoms with Gasteiger partial charge in [0.05, 0.1) is 0 Å². The Morgan fingerprint density at radius 2 is 1.14 bits per heavy atom. The van der Waals surface area contributed by atoms with E-state index < -0.39 is 0 Å². The molecular weight excluding hydrogens is 254 g/mol. The Labute approximate surface area is 125 Å². The van der Waals surface area contributed by atoms with Gasteiger partial charge in [-0.25, -0.2) is 0 Å². The summed E-state index contributed by atoms with van der Waals surface area (Å²) in [5.74, 6) is 0. The van der Waals surface area contributed by atoms with Gasteiger partial charge >= 0.3 is 0 Å². The van der Waals surface area contributed by atoms with E-state index in [1.165, 1.54) is 11.1 Å². The lowest BCUT2D eigenvalue weighted by molar-refractivity contribution is 1.53. The Kier molecular flexibility index (Phi) is 3.83. The maximum atomic E-state index is 3.76. The summed E-state index contributed by atoms with van der Waals surface area (Å²) in [5.41, 5.74) is 5.75. The minimum absolute atomic E-state index is 1.08. The van der Waals surface area contributed by atoms with Crippen LogP contribution in [-0.4, -0.2) is 0 Å². The van der Waals surface area contributed by atoms with Crippen LogP contribution in [0.5, 0.6) is 0 Å². The van der Waals surface area contributed by atoms with Crippen LogP contribution in [0.1, 0.15) is 5.56 Å². The molecule has 0 saturated carbocycles. The average Bonchev–Trinajstić information content (AvgIpc) is 2.57. The van der Waals surface area contributed by atoms with Crippen molar-refractivity contribution in [1.82, 2.24) is 0 Å². The molecule has 0 spiro atoms. The zero-order valence-corrected chi connectivity index (χ0v) is 11.8.